The number of rotatable bonds is 8. The Kier molecular flexibility index (Phi) is 8.07. The van der Waals surface area contributed by atoms with Crippen LogP contribution in [0.4, 0.5) is 24.1 Å². The fourth-order valence-electron chi connectivity index (χ4n) is 10.2. The Hall–Kier alpha value is -3.23. The first-order valence-electron chi connectivity index (χ1n) is 18.8. The van der Waals surface area contributed by atoms with Gasteiger partial charge in [0.2, 0.25) is 5.91 Å². The predicted molar refractivity (Wildman–Crippen MR) is 203 cm³/mol. The molecule has 1 amide bonds. The van der Waals surface area contributed by atoms with E-state index in [1.807, 2.05) is 9.57 Å². The average molecular weight is 801 g/mol. The first kappa shape index (κ1) is 35.2. The van der Waals surface area contributed by atoms with Crippen LogP contribution >= 0.6 is 30.2 Å². The Morgan fingerprint density at radius 1 is 1.09 bits per heavy atom. The Bertz CT molecular complexity index is 2280. The van der Waals surface area contributed by atoms with E-state index in [1.165, 1.54) is 12.1 Å². The Labute approximate surface area is 319 Å². The van der Waals surface area contributed by atoms with Crippen LogP contribution in [-0.2, 0) is 9.36 Å². The highest BCUT2D eigenvalue weighted by molar-refractivity contribution is 7.60. The minimum Gasteiger partial charge on any atom is -0.461 e. The third-order valence-corrected chi connectivity index (χ3v) is 15.4. The molecule has 0 radical (unpaired) electrons. The van der Waals surface area contributed by atoms with Gasteiger partial charge in [-0.1, -0.05) is 22.9 Å². The van der Waals surface area contributed by atoms with Crippen molar-refractivity contribution in [3.63, 3.8) is 0 Å². The number of anilines is 2. The zero-order chi connectivity index (χ0) is 37.4. The zero-order valence-corrected chi connectivity index (χ0v) is 32.4. The topological polar surface area (TPSA) is 121 Å². The molecule has 7 heterocycles. The Morgan fingerprint density at radius 3 is 2.57 bits per heavy atom. The standard InChI is InChI=1S/C37H41ClF3N8O3PS/c1-53(2,51)49-30(18-4-5-18)31(49)34(50)48-20-6-7-21(48)16-46(15-20)33-23-12-24(38)26(22-8-9-25(40)32-29(22)43-35(42)54-32)27(41)28(23)44-36(45-33)52-17-37-10-3-11-47(37)14-19(39)13-37/h8-9,12,18-21,30-31H,3-7,10-11,13-17H2,1-2H3,(H2,42,43)/t19-,20?,21?,30?,31?,37?,49?/m1/s1. The number of nitrogens with two attached hydrogens (primary N) is 1. The van der Waals surface area contributed by atoms with E-state index in [0.717, 1.165) is 56.4 Å². The maximum atomic E-state index is 17.1. The van der Waals surface area contributed by atoms with Crippen LogP contribution in [0.1, 0.15) is 44.9 Å². The van der Waals surface area contributed by atoms with Crippen LogP contribution in [0.5, 0.6) is 6.01 Å². The molecule has 17 heteroatoms. The lowest BCUT2D eigenvalue weighted by Gasteiger charge is -2.42. The molecule has 1 aliphatic carbocycles. The van der Waals surface area contributed by atoms with E-state index in [4.69, 9.17) is 27.1 Å². The largest absolute Gasteiger partial charge is 0.461 e. The monoisotopic (exact) mass is 800 g/mol. The smallest absolute Gasteiger partial charge is 0.319 e. The van der Waals surface area contributed by atoms with E-state index in [1.54, 1.807) is 19.4 Å². The molecule has 6 fully saturated rings. The number of alkyl halides is 1. The summed E-state index contributed by atoms with van der Waals surface area (Å²) in [6, 6.07) is 3.74. The van der Waals surface area contributed by atoms with Gasteiger partial charge in [0.15, 0.2) is 10.9 Å². The summed E-state index contributed by atoms with van der Waals surface area (Å²) in [6.07, 6.45) is 4.85. The molecule has 2 aromatic heterocycles. The van der Waals surface area contributed by atoms with E-state index in [-0.39, 0.29) is 79.7 Å². The van der Waals surface area contributed by atoms with Gasteiger partial charge >= 0.3 is 6.01 Å². The number of fused-ring (bicyclic) bond motifs is 5. The molecular weight excluding hydrogens is 760 g/mol. The third-order valence-electron chi connectivity index (χ3n) is 12.6. The minimum atomic E-state index is -2.60. The van der Waals surface area contributed by atoms with Crippen molar-refractivity contribution < 1.29 is 27.3 Å². The van der Waals surface area contributed by atoms with Gasteiger partial charge in [0.05, 0.1) is 20.8 Å². The number of halogens is 4. The van der Waals surface area contributed by atoms with Crippen molar-refractivity contribution in [2.24, 2.45) is 5.92 Å². The van der Waals surface area contributed by atoms with Crippen LogP contribution in [0.15, 0.2) is 18.2 Å². The van der Waals surface area contributed by atoms with Crippen molar-refractivity contribution >= 4 is 68.2 Å². The van der Waals surface area contributed by atoms with Crippen LogP contribution in [0.2, 0.25) is 5.02 Å². The number of carbonyl (C=O) groups excluding carboxylic acids is 1. The molecule has 5 saturated heterocycles. The van der Waals surface area contributed by atoms with Crippen molar-refractivity contribution in [1.29, 1.82) is 0 Å². The molecule has 0 spiro atoms. The number of aromatic nitrogens is 3. The van der Waals surface area contributed by atoms with Crippen molar-refractivity contribution in [3.8, 4) is 17.1 Å². The first-order valence-corrected chi connectivity index (χ1v) is 22.5. The summed E-state index contributed by atoms with van der Waals surface area (Å²) in [5.74, 6) is -0.354. The SMILES string of the molecule is CP(C)(=O)N1C(C(=O)N2C3CCC2CN(c2nc(OCC45CCCN4C[C@H](F)C5)nc4c(F)c(-c5ccc(F)c6sc(N)nc56)c(Cl)cc24)C3)C1C1CC1. The molecule has 7 atom stereocenters. The second-order valence-corrected chi connectivity index (χ2v) is 20.9. The number of ether oxygens (including phenoxy) is 1. The summed E-state index contributed by atoms with van der Waals surface area (Å²) in [5, 5.41) is 0.577. The molecule has 54 heavy (non-hydrogen) atoms. The van der Waals surface area contributed by atoms with Gasteiger partial charge in [0.25, 0.3) is 0 Å². The zero-order valence-electron chi connectivity index (χ0n) is 30.0. The van der Waals surface area contributed by atoms with Crippen LogP contribution < -0.4 is 15.4 Å². The maximum absolute atomic E-state index is 17.1. The Morgan fingerprint density at radius 2 is 1.85 bits per heavy atom. The number of piperazine rings is 1. The molecule has 286 valence electrons. The third kappa shape index (κ3) is 5.54. The summed E-state index contributed by atoms with van der Waals surface area (Å²) in [7, 11) is -2.60. The quantitative estimate of drug-likeness (QED) is 0.155. The normalized spacial score (nSPS) is 30.9. The predicted octanol–water partition coefficient (Wildman–Crippen LogP) is 6.56. The van der Waals surface area contributed by atoms with Crippen molar-refractivity contribution in [2.45, 2.75) is 80.8 Å². The molecule has 6 unspecified atom stereocenters. The second-order valence-electron chi connectivity index (χ2n) is 16.4. The minimum absolute atomic E-state index is 0.00511. The van der Waals surface area contributed by atoms with Gasteiger partial charge in [-0.3, -0.25) is 9.69 Å². The van der Waals surface area contributed by atoms with Gasteiger partial charge in [-0.15, -0.1) is 0 Å². The molecular formula is C37H41ClF3N8O3PS. The Balaban J connectivity index is 1.03. The van der Waals surface area contributed by atoms with Crippen LogP contribution in [-0.4, -0.2) is 117 Å². The molecule has 2 bridgehead atoms. The van der Waals surface area contributed by atoms with Crippen LogP contribution in [0.25, 0.3) is 32.2 Å². The molecule has 1 saturated carbocycles. The van der Waals surface area contributed by atoms with E-state index in [9.17, 15) is 18.1 Å². The van der Waals surface area contributed by atoms with Gasteiger partial charge in [-0.2, -0.15) is 9.97 Å². The second kappa shape index (κ2) is 12.4. The van der Waals surface area contributed by atoms with Crippen molar-refractivity contribution in [3.05, 3.63) is 34.9 Å². The van der Waals surface area contributed by atoms with Crippen LogP contribution in [0.3, 0.4) is 0 Å². The summed E-state index contributed by atoms with van der Waals surface area (Å²) < 4.78 is 68.2. The molecule has 4 aromatic rings. The molecule has 2 N–H and O–H groups in total. The molecule has 6 aliphatic rings. The summed E-state index contributed by atoms with van der Waals surface area (Å²) in [5.41, 5.74) is 5.93. The van der Waals surface area contributed by atoms with Gasteiger partial charge in [-0.05, 0) is 69.2 Å². The van der Waals surface area contributed by atoms with Crippen molar-refractivity contribution in [1.82, 2.24) is 29.4 Å². The number of benzene rings is 2. The number of thiazole rings is 1. The summed E-state index contributed by atoms with van der Waals surface area (Å²) in [4.78, 5) is 34.2. The van der Waals surface area contributed by atoms with Crippen molar-refractivity contribution in [2.75, 3.05) is 56.7 Å². The van der Waals surface area contributed by atoms with Gasteiger partial charge < -0.3 is 24.8 Å². The number of amides is 1. The van der Waals surface area contributed by atoms with E-state index < -0.39 is 30.6 Å². The number of nitrogens with zero attached hydrogens (tertiary/aromatic N) is 7. The lowest BCUT2D eigenvalue weighted by atomic mass is 9.95. The summed E-state index contributed by atoms with van der Waals surface area (Å²) in [6.45, 7) is 5.69. The maximum Gasteiger partial charge on any atom is 0.319 e. The van der Waals surface area contributed by atoms with E-state index >= 15 is 4.39 Å². The number of hydrogen-bond donors (Lipinski definition) is 1. The molecule has 5 aliphatic heterocycles. The highest BCUT2D eigenvalue weighted by Gasteiger charge is 2.65. The highest BCUT2D eigenvalue weighted by Crippen LogP contribution is 2.61. The molecule has 2 aromatic carbocycles. The molecule has 11 nitrogen and oxygen atoms in total. The van der Waals surface area contributed by atoms with Crippen LogP contribution in [0, 0.1) is 17.6 Å². The van der Waals surface area contributed by atoms with Gasteiger partial charge in [0, 0.05) is 74.0 Å². The van der Waals surface area contributed by atoms with E-state index in [0.29, 0.717) is 43.2 Å². The van der Waals surface area contributed by atoms with E-state index in [2.05, 4.69) is 19.8 Å². The average Bonchev–Trinajstić information content (AvgIpc) is 3.96. The van der Waals surface area contributed by atoms with Gasteiger partial charge in [0.1, 0.15) is 43.3 Å². The summed E-state index contributed by atoms with van der Waals surface area (Å²) >= 11 is 7.89. The fraction of sp³-hybridized carbons (Fsp3) is 0.568. The number of hydrogen-bond acceptors (Lipinski definition) is 10. The first-order chi connectivity index (χ1) is 25.8. The fourth-order valence-corrected chi connectivity index (χ4v) is 13.0. The highest BCUT2D eigenvalue weighted by atomic mass is 35.5. The number of nitrogen functional groups attached to an aromatic ring is 1. The van der Waals surface area contributed by atoms with Gasteiger partial charge in [-0.25, -0.2) is 22.8 Å². The lowest BCUT2D eigenvalue weighted by molar-refractivity contribution is -0.134. The number of carbonyl (C=O) groups is 1. The lowest BCUT2D eigenvalue weighted by Crippen LogP contribution is -2.57. The molecule has 10 rings (SSSR count).